The lowest BCUT2D eigenvalue weighted by atomic mass is 10.0. The van der Waals surface area contributed by atoms with Crippen LogP contribution in [0.4, 0.5) is 0 Å². The van der Waals surface area contributed by atoms with E-state index >= 15 is 0 Å². The van der Waals surface area contributed by atoms with Crippen LogP contribution in [0, 0.1) is 0 Å². The molecule has 1 atom stereocenters. The Morgan fingerprint density at radius 2 is 1.88 bits per heavy atom. The van der Waals surface area contributed by atoms with Crippen molar-refractivity contribution >= 4 is 11.6 Å². The summed E-state index contributed by atoms with van der Waals surface area (Å²) in [6, 6.07) is 9.53. The first-order valence-corrected chi connectivity index (χ1v) is 7.19. The highest BCUT2D eigenvalue weighted by atomic mass is 35.5. The number of benzene rings is 1. The van der Waals surface area contributed by atoms with Crippen molar-refractivity contribution in [2.75, 3.05) is 0 Å². The molecule has 1 unspecified atom stereocenters. The molecule has 1 aliphatic rings. The molecule has 94 valence electrons. The van der Waals surface area contributed by atoms with Crippen LogP contribution in [0.1, 0.15) is 57.1 Å². The number of rotatable bonds is 5. The SMILES string of the molecule is CCCC(NC1CCCC1)c1ccc(Cl)cc1. The quantitative estimate of drug-likeness (QED) is 0.799. The van der Waals surface area contributed by atoms with E-state index in [4.69, 9.17) is 11.6 Å². The molecular weight excluding hydrogens is 230 g/mol. The lowest BCUT2D eigenvalue weighted by molar-refractivity contribution is 0.417. The van der Waals surface area contributed by atoms with Gasteiger partial charge in [0.15, 0.2) is 0 Å². The van der Waals surface area contributed by atoms with Gasteiger partial charge in [0.05, 0.1) is 0 Å². The largest absolute Gasteiger partial charge is 0.307 e. The number of nitrogens with one attached hydrogen (secondary N) is 1. The Hall–Kier alpha value is -0.530. The minimum absolute atomic E-state index is 0.500. The third kappa shape index (κ3) is 3.72. The molecule has 0 aromatic heterocycles. The number of halogens is 1. The first kappa shape index (κ1) is 12.9. The lowest BCUT2D eigenvalue weighted by Gasteiger charge is -2.23. The Bertz CT molecular complexity index is 327. The van der Waals surface area contributed by atoms with Gasteiger partial charge in [-0.05, 0) is 37.0 Å². The molecule has 17 heavy (non-hydrogen) atoms. The lowest BCUT2D eigenvalue weighted by Crippen LogP contribution is -2.30. The van der Waals surface area contributed by atoms with E-state index in [0.29, 0.717) is 6.04 Å². The second-order valence-corrected chi connectivity index (χ2v) is 5.48. The van der Waals surface area contributed by atoms with E-state index in [9.17, 15) is 0 Å². The van der Waals surface area contributed by atoms with Gasteiger partial charge in [-0.25, -0.2) is 0 Å². The molecule has 0 aliphatic heterocycles. The molecule has 1 N–H and O–H groups in total. The van der Waals surface area contributed by atoms with Gasteiger partial charge in [0.25, 0.3) is 0 Å². The average molecular weight is 252 g/mol. The van der Waals surface area contributed by atoms with E-state index in [2.05, 4.69) is 24.4 Å². The Kier molecular flexibility index (Phi) is 4.87. The zero-order valence-corrected chi connectivity index (χ0v) is 11.3. The third-order valence-electron chi connectivity index (χ3n) is 3.64. The first-order chi connectivity index (χ1) is 8.29. The summed E-state index contributed by atoms with van der Waals surface area (Å²) in [6.45, 7) is 2.25. The second kappa shape index (κ2) is 6.42. The molecular formula is C15H22ClN. The summed E-state index contributed by atoms with van der Waals surface area (Å²) in [5.74, 6) is 0. The first-order valence-electron chi connectivity index (χ1n) is 6.81. The molecule has 0 radical (unpaired) electrons. The van der Waals surface area contributed by atoms with Crippen molar-refractivity contribution in [1.82, 2.24) is 5.32 Å². The van der Waals surface area contributed by atoms with Crippen LogP contribution in [0.3, 0.4) is 0 Å². The summed E-state index contributed by atoms with van der Waals surface area (Å²) in [5, 5.41) is 4.63. The molecule has 1 aromatic carbocycles. The van der Waals surface area contributed by atoms with Gasteiger partial charge in [0.2, 0.25) is 0 Å². The van der Waals surface area contributed by atoms with Crippen LogP contribution in [-0.4, -0.2) is 6.04 Å². The van der Waals surface area contributed by atoms with Crippen LogP contribution in [0.5, 0.6) is 0 Å². The fraction of sp³-hybridized carbons (Fsp3) is 0.600. The predicted octanol–water partition coefficient (Wildman–Crippen LogP) is 4.71. The van der Waals surface area contributed by atoms with Crippen LogP contribution in [-0.2, 0) is 0 Å². The molecule has 0 bridgehead atoms. The van der Waals surface area contributed by atoms with Crippen molar-refractivity contribution in [2.45, 2.75) is 57.5 Å². The van der Waals surface area contributed by atoms with Gasteiger partial charge in [-0.3, -0.25) is 0 Å². The maximum absolute atomic E-state index is 5.94. The summed E-state index contributed by atoms with van der Waals surface area (Å²) in [7, 11) is 0. The van der Waals surface area contributed by atoms with E-state index in [1.807, 2.05) is 12.1 Å². The molecule has 0 heterocycles. The Morgan fingerprint density at radius 3 is 2.47 bits per heavy atom. The molecule has 1 aromatic rings. The Balaban J connectivity index is 2.02. The van der Waals surface area contributed by atoms with E-state index in [1.54, 1.807) is 0 Å². The van der Waals surface area contributed by atoms with Crippen molar-refractivity contribution in [1.29, 1.82) is 0 Å². The van der Waals surface area contributed by atoms with Gasteiger partial charge in [-0.1, -0.05) is 49.9 Å². The van der Waals surface area contributed by atoms with Crippen LogP contribution >= 0.6 is 11.6 Å². The zero-order chi connectivity index (χ0) is 12.1. The molecule has 1 fully saturated rings. The van der Waals surface area contributed by atoms with Gasteiger partial charge in [0, 0.05) is 17.1 Å². The van der Waals surface area contributed by atoms with Gasteiger partial charge >= 0.3 is 0 Å². The van der Waals surface area contributed by atoms with Crippen molar-refractivity contribution in [3.63, 3.8) is 0 Å². The summed E-state index contributed by atoms with van der Waals surface area (Å²) < 4.78 is 0. The van der Waals surface area contributed by atoms with E-state index < -0.39 is 0 Å². The van der Waals surface area contributed by atoms with Gasteiger partial charge < -0.3 is 5.32 Å². The predicted molar refractivity (Wildman–Crippen MR) is 74.5 cm³/mol. The highest BCUT2D eigenvalue weighted by Crippen LogP contribution is 2.25. The van der Waals surface area contributed by atoms with Crippen LogP contribution in [0.25, 0.3) is 0 Å². The van der Waals surface area contributed by atoms with Crippen LogP contribution in [0.15, 0.2) is 24.3 Å². The highest BCUT2D eigenvalue weighted by Gasteiger charge is 2.19. The van der Waals surface area contributed by atoms with E-state index in [-0.39, 0.29) is 0 Å². The maximum Gasteiger partial charge on any atom is 0.0406 e. The summed E-state index contributed by atoms with van der Waals surface area (Å²) in [5.41, 5.74) is 1.38. The van der Waals surface area contributed by atoms with Crippen LogP contribution < -0.4 is 5.32 Å². The number of hydrogen-bond donors (Lipinski definition) is 1. The Morgan fingerprint density at radius 1 is 1.24 bits per heavy atom. The monoisotopic (exact) mass is 251 g/mol. The van der Waals surface area contributed by atoms with E-state index in [1.165, 1.54) is 44.1 Å². The standard InChI is InChI=1S/C15H22ClN/c1-2-5-15(17-14-6-3-4-7-14)12-8-10-13(16)11-9-12/h8-11,14-15,17H,2-7H2,1H3. The average Bonchev–Trinajstić information content (AvgIpc) is 2.82. The van der Waals surface area contributed by atoms with Gasteiger partial charge in [-0.2, -0.15) is 0 Å². The highest BCUT2D eigenvalue weighted by molar-refractivity contribution is 6.30. The normalized spacial score (nSPS) is 18.5. The third-order valence-corrected chi connectivity index (χ3v) is 3.89. The fourth-order valence-corrected chi connectivity index (χ4v) is 2.83. The molecule has 2 rings (SSSR count). The molecule has 0 saturated heterocycles. The maximum atomic E-state index is 5.94. The second-order valence-electron chi connectivity index (χ2n) is 5.04. The summed E-state index contributed by atoms with van der Waals surface area (Å²) in [4.78, 5) is 0. The number of hydrogen-bond acceptors (Lipinski definition) is 1. The Labute approximate surface area is 110 Å². The van der Waals surface area contributed by atoms with Crippen LogP contribution in [0.2, 0.25) is 5.02 Å². The molecule has 0 amide bonds. The molecule has 0 spiro atoms. The van der Waals surface area contributed by atoms with Crippen molar-refractivity contribution in [3.05, 3.63) is 34.9 Å². The van der Waals surface area contributed by atoms with Crippen molar-refractivity contribution in [2.24, 2.45) is 0 Å². The topological polar surface area (TPSA) is 12.0 Å². The van der Waals surface area contributed by atoms with Gasteiger partial charge in [-0.15, -0.1) is 0 Å². The smallest absolute Gasteiger partial charge is 0.0406 e. The summed E-state index contributed by atoms with van der Waals surface area (Å²) >= 11 is 5.94. The zero-order valence-electron chi connectivity index (χ0n) is 10.6. The minimum atomic E-state index is 0.500. The minimum Gasteiger partial charge on any atom is -0.307 e. The van der Waals surface area contributed by atoms with Crippen molar-refractivity contribution < 1.29 is 0 Å². The molecule has 1 nitrogen and oxygen atoms in total. The summed E-state index contributed by atoms with van der Waals surface area (Å²) in [6.07, 6.45) is 7.88. The molecule has 1 saturated carbocycles. The van der Waals surface area contributed by atoms with Gasteiger partial charge in [0.1, 0.15) is 0 Å². The van der Waals surface area contributed by atoms with Crippen molar-refractivity contribution in [3.8, 4) is 0 Å². The van der Waals surface area contributed by atoms with E-state index in [0.717, 1.165) is 11.1 Å². The molecule has 1 aliphatic carbocycles. The fourth-order valence-electron chi connectivity index (χ4n) is 2.71. The molecule has 2 heteroatoms.